The molecule has 0 bridgehead atoms. The van der Waals surface area contributed by atoms with E-state index < -0.39 is 5.97 Å². The Morgan fingerprint density at radius 2 is 1.50 bits per heavy atom. The smallest absolute Gasteiger partial charge is 0.311 e. The molecule has 0 aromatic heterocycles. The highest BCUT2D eigenvalue weighted by molar-refractivity contribution is 5.72. The summed E-state index contributed by atoms with van der Waals surface area (Å²) in [4.78, 5) is 21.2. The second-order valence-corrected chi connectivity index (χ2v) is 2.53. The Morgan fingerprint density at radius 3 is 1.81 bits per heavy atom. The summed E-state index contributed by atoms with van der Waals surface area (Å²) in [5, 5.41) is 0. The topological polar surface area (TPSA) is 52.6 Å². The summed E-state index contributed by atoms with van der Waals surface area (Å²) in [5.74, 6) is -0.925. The summed E-state index contributed by atoms with van der Waals surface area (Å²) in [7, 11) is 0. The van der Waals surface area contributed by atoms with E-state index in [0.29, 0.717) is 0 Å². The summed E-state index contributed by atoms with van der Waals surface area (Å²) in [6.07, 6.45) is 0.721. The van der Waals surface area contributed by atoms with E-state index in [1.165, 1.54) is 6.92 Å². The molecule has 0 rings (SSSR count). The average molecular weight is 234 g/mol. The van der Waals surface area contributed by atoms with Gasteiger partial charge in [0.2, 0.25) is 6.79 Å². The van der Waals surface area contributed by atoms with Gasteiger partial charge in [0.1, 0.15) is 0 Å². The van der Waals surface area contributed by atoms with Crippen LogP contribution >= 0.6 is 0 Å². The van der Waals surface area contributed by atoms with E-state index in [9.17, 15) is 9.59 Å². The van der Waals surface area contributed by atoms with Crippen LogP contribution in [-0.2, 0) is 19.1 Å². The van der Waals surface area contributed by atoms with Crippen molar-refractivity contribution >= 4 is 11.9 Å². The normalized spacial score (nSPS) is 9.69. The molecule has 0 aliphatic carbocycles. The number of carbonyl (C=O) groups is 2. The van der Waals surface area contributed by atoms with Gasteiger partial charge in [-0.05, 0) is 6.42 Å². The first-order valence-electron chi connectivity index (χ1n) is 5.88. The number of hydrogen-bond donors (Lipinski definition) is 0. The third-order valence-electron chi connectivity index (χ3n) is 1.48. The van der Waals surface area contributed by atoms with E-state index in [2.05, 4.69) is 9.47 Å². The maximum absolute atomic E-state index is 10.9. The lowest BCUT2D eigenvalue weighted by Crippen LogP contribution is -2.16. The van der Waals surface area contributed by atoms with Gasteiger partial charge in [-0.1, -0.05) is 41.5 Å². The average Bonchev–Trinajstić information content (AvgIpc) is 2.32. The number of rotatable bonds is 4. The van der Waals surface area contributed by atoms with Gasteiger partial charge in [0.05, 0.1) is 5.92 Å². The Balaban J connectivity index is -0.000000376. The lowest BCUT2D eigenvalue weighted by Gasteiger charge is -2.08. The summed E-state index contributed by atoms with van der Waals surface area (Å²) < 4.78 is 9.05. The molecule has 0 fully saturated rings. The number of ether oxygens (including phenoxy) is 2. The van der Waals surface area contributed by atoms with Crippen molar-refractivity contribution < 1.29 is 19.1 Å². The summed E-state index contributed by atoms with van der Waals surface area (Å²) in [6, 6.07) is 0. The summed E-state index contributed by atoms with van der Waals surface area (Å²) in [6.45, 7) is 12.6. The van der Waals surface area contributed by atoms with Crippen LogP contribution in [0.1, 0.15) is 54.9 Å². The second-order valence-electron chi connectivity index (χ2n) is 2.53. The van der Waals surface area contributed by atoms with Crippen LogP contribution in [0.15, 0.2) is 0 Å². The molecule has 0 aromatic carbocycles. The van der Waals surface area contributed by atoms with Crippen molar-refractivity contribution in [2.45, 2.75) is 54.9 Å². The molecule has 0 aromatic rings. The van der Waals surface area contributed by atoms with Crippen LogP contribution in [0.5, 0.6) is 0 Å². The van der Waals surface area contributed by atoms with E-state index >= 15 is 0 Å². The highest BCUT2D eigenvalue weighted by atomic mass is 16.7. The number of esters is 2. The summed E-state index contributed by atoms with van der Waals surface area (Å²) in [5.41, 5.74) is 0. The van der Waals surface area contributed by atoms with Crippen molar-refractivity contribution in [1.29, 1.82) is 0 Å². The van der Waals surface area contributed by atoms with Crippen molar-refractivity contribution in [2.75, 3.05) is 6.79 Å². The molecular formula is C12H26O4. The van der Waals surface area contributed by atoms with Gasteiger partial charge in [0.25, 0.3) is 0 Å². The first-order valence-corrected chi connectivity index (χ1v) is 5.88. The fraction of sp³-hybridized carbons (Fsp3) is 0.833. The molecule has 0 N–H and O–H groups in total. The first kappa shape index (κ1) is 20.4. The molecule has 0 aliphatic heterocycles. The van der Waals surface area contributed by atoms with Crippen molar-refractivity contribution in [3.05, 3.63) is 0 Å². The number of carbonyl (C=O) groups excluding carboxylic acids is 2. The van der Waals surface area contributed by atoms with Gasteiger partial charge in [0.15, 0.2) is 0 Å². The van der Waals surface area contributed by atoms with Crippen LogP contribution in [0.25, 0.3) is 0 Å². The summed E-state index contributed by atoms with van der Waals surface area (Å²) >= 11 is 0. The minimum atomic E-state index is -0.452. The van der Waals surface area contributed by atoms with Gasteiger partial charge in [-0.15, -0.1) is 0 Å². The maximum atomic E-state index is 10.9. The van der Waals surface area contributed by atoms with E-state index in [-0.39, 0.29) is 18.7 Å². The standard InChI is InChI=1S/C8H14O4.2C2H6/c1-4-6(2)8(10)12-5-11-7(3)9;2*1-2/h6H,4-5H2,1-3H3;2*1-2H3. The molecular weight excluding hydrogens is 208 g/mol. The Kier molecular flexibility index (Phi) is 20.8. The lowest BCUT2D eigenvalue weighted by molar-refractivity contribution is -0.168. The van der Waals surface area contributed by atoms with Crippen LogP contribution in [0.2, 0.25) is 0 Å². The Morgan fingerprint density at radius 1 is 1.06 bits per heavy atom. The molecule has 16 heavy (non-hydrogen) atoms. The highest BCUT2D eigenvalue weighted by Gasteiger charge is 2.11. The predicted molar refractivity (Wildman–Crippen MR) is 64.9 cm³/mol. The van der Waals surface area contributed by atoms with Crippen LogP contribution in [0, 0.1) is 5.92 Å². The van der Waals surface area contributed by atoms with Gasteiger partial charge in [-0.25, -0.2) is 0 Å². The van der Waals surface area contributed by atoms with Gasteiger partial charge in [-0.2, -0.15) is 0 Å². The van der Waals surface area contributed by atoms with Gasteiger partial charge in [-0.3, -0.25) is 9.59 Å². The fourth-order valence-electron chi connectivity index (χ4n) is 0.479. The Labute approximate surface area is 99.3 Å². The quantitative estimate of drug-likeness (QED) is 0.554. The third-order valence-corrected chi connectivity index (χ3v) is 1.48. The Bertz CT molecular complexity index is 166. The van der Waals surface area contributed by atoms with Gasteiger partial charge >= 0.3 is 11.9 Å². The predicted octanol–water partition coefficient (Wildman–Crippen LogP) is 3.15. The van der Waals surface area contributed by atoms with Crippen LogP contribution < -0.4 is 0 Å². The van der Waals surface area contributed by atoms with Crippen molar-refractivity contribution in [3.8, 4) is 0 Å². The van der Waals surface area contributed by atoms with Crippen molar-refractivity contribution in [2.24, 2.45) is 5.92 Å². The zero-order valence-corrected chi connectivity index (χ0v) is 11.6. The van der Waals surface area contributed by atoms with E-state index in [1.54, 1.807) is 6.92 Å². The first-order chi connectivity index (χ1) is 7.57. The molecule has 0 saturated carbocycles. The van der Waals surface area contributed by atoms with E-state index in [0.717, 1.165) is 6.42 Å². The van der Waals surface area contributed by atoms with Crippen LogP contribution in [0.4, 0.5) is 0 Å². The van der Waals surface area contributed by atoms with E-state index in [1.807, 2.05) is 34.6 Å². The van der Waals surface area contributed by atoms with E-state index in [4.69, 9.17) is 0 Å². The lowest BCUT2D eigenvalue weighted by atomic mass is 10.1. The Hall–Kier alpha value is -1.06. The SMILES string of the molecule is CC.CC.CCC(C)C(=O)OCOC(C)=O. The molecule has 4 heteroatoms. The van der Waals surface area contributed by atoms with Crippen molar-refractivity contribution in [1.82, 2.24) is 0 Å². The molecule has 0 heterocycles. The molecule has 0 spiro atoms. The van der Waals surface area contributed by atoms with Gasteiger partial charge in [0, 0.05) is 6.92 Å². The minimum absolute atomic E-state index is 0.138. The zero-order chi connectivity index (χ0) is 13.6. The molecule has 1 unspecified atom stereocenters. The fourth-order valence-corrected chi connectivity index (χ4v) is 0.479. The molecule has 0 saturated heterocycles. The zero-order valence-electron chi connectivity index (χ0n) is 11.6. The largest absolute Gasteiger partial charge is 0.428 e. The number of hydrogen-bond acceptors (Lipinski definition) is 4. The molecule has 98 valence electrons. The second kappa shape index (κ2) is 16.4. The molecule has 4 nitrogen and oxygen atoms in total. The van der Waals surface area contributed by atoms with Crippen LogP contribution in [0.3, 0.4) is 0 Å². The third kappa shape index (κ3) is 15.4. The molecule has 0 aliphatic rings. The van der Waals surface area contributed by atoms with Crippen molar-refractivity contribution in [3.63, 3.8) is 0 Å². The monoisotopic (exact) mass is 234 g/mol. The van der Waals surface area contributed by atoms with Crippen LogP contribution in [-0.4, -0.2) is 18.7 Å². The molecule has 1 atom stereocenters. The molecule has 0 radical (unpaired) electrons. The minimum Gasteiger partial charge on any atom is -0.428 e. The molecule has 0 amide bonds. The maximum Gasteiger partial charge on any atom is 0.311 e. The highest BCUT2D eigenvalue weighted by Crippen LogP contribution is 2.02. The van der Waals surface area contributed by atoms with Gasteiger partial charge < -0.3 is 9.47 Å².